The third kappa shape index (κ3) is 38.1. The molecule has 0 radical (unpaired) electrons. The molecule has 0 heterocycles. The van der Waals surface area contributed by atoms with Crippen LogP contribution < -0.4 is 42.0 Å². The maximum absolute atomic E-state index is 4.95. The normalized spacial score (nSPS) is 1.43. The van der Waals surface area contributed by atoms with Crippen LogP contribution in [0.5, 0.6) is 0 Å². The predicted octanol–water partition coefficient (Wildman–Crippen LogP) is -6.73. The smallest absolute Gasteiger partial charge is 1.00 e. The van der Waals surface area contributed by atoms with Crippen molar-refractivity contribution in [2.45, 2.75) is 0 Å². The van der Waals surface area contributed by atoms with Crippen molar-refractivity contribution >= 4 is 81.4 Å². The molecule has 0 spiro atoms. The molecule has 7 heavy (non-hydrogen) atoms. The minimum Gasteiger partial charge on any atom is 1.00 e. The first-order valence-corrected chi connectivity index (χ1v) is 6.61. The SMILES string of the molecule is O.[CaH2].[Cl-].[Cl][Ca][Cl].[Na+]. The van der Waals surface area contributed by atoms with Crippen molar-refractivity contribution in [1.82, 2.24) is 0 Å². The number of hydrogen-bond donors (Lipinski definition) is 0. The molecular weight excluding hydrogens is 226 g/mol. The minimum atomic E-state index is -0.931. The van der Waals surface area contributed by atoms with E-state index in [1.807, 2.05) is 0 Å². The second-order valence-electron chi connectivity index (χ2n) is 0.101. The fourth-order valence-electron chi connectivity index (χ4n) is 0. The van der Waals surface area contributed by atoms with Crippen molar-refractivity contribution in [1.29, 1.82) is 0 Å². The molecule has 0 aliphatic heterocycles. The van der Waals surface area contributed by atoms with Gasteiger partial charge in [-0.3, -0.25) is 0 Å². The van der Waals surface area contributed by atoms with Gasteiger partial charge in [0.1, 0.15) is 0 Å². The average molecular weight is 230 g/mol. The van der Waals surface area contributed by atoms with Crippen LogP contribution in [0.2, 0.25) is 0 Å². The van der Waals surface area contributed by atoms with E-state index in [1.165, 1.54) is 0 Å². The van der Waals surface area contributed by atoms with Crippen LogP contribution in [0.1, 0.15) is 0 Å². The van der Waals surface area contributed by atoms with E-state index in [4.69, 9.17) is 12.8 Å². The van der Waals surface area contributed by atoms with Crippen molar-refractivity contribution in [2.75, 3.05) is 0 Å². The van der Waals surface area contributed by atoms with Crippen LogP contribution in [-0.2, 0) is 0 Å². The zero-order valence-electron chi connectivity index (χ0n) is 3.34. The Morgan fingerprint density at radius 2 is 1.14 bits per heavy atom. The molecule has 0 aromatic rings. The Morgan fingerprint density at radius 3 is 1.14 bits per heavy atom. The van der Waals surface area contributed by atoms with Gasteiger partial charge in [0, 0.05) is 0 Å². The molecular formula is H4Ca2Cl3NaO. The van der Waals surface area contributed by atoms with Crippen LogP contribution in [0, 0.1) is 0 Å². The molecule has 0 saturated heterocycles. The topological polar surface area (TPSA) is 31.5 Å². The molecule has 0 rings (SSSR count). The molecule has 0 amide bonds. The zero-order valence-corrected chi connectivity index (χ0v) is 9.82. The van der Waals surface area contributed by atoms with Gasteiger partial charge in [-0.05, 0) is 0 Å². The first-order valence-electron chi connectivity index (χ1n) is 0.535. The van der Waals surface area contributed by atoms with Crippen molar-refractivity contribution in [3.05, 3.63) is 0 Å². The van der Waals surface area contributed by atoms with Crippen LogP contribution in [0.15, 0.2) is 0 Å². The Morgan fingerprint density at radius 1 is 1.14 bits per heavy atom. The van der Waals surface area contributed by atoms with E-state index in [0.717, 1.165) is 0 Å². The fraction of sp³-hybridized carbons (Fsp3) is 0. The molecule has 0 bridgehead atoms. The number of hydrogen-bond acceptors (Lipinski definition) is 0. The largest absolute Gasteiger partial charge is 1.00 e. The molecule has 36 valence electrons. The molecule has 2 N–H and O–H groups in total. The molecule has 0 aliphatic carbocycles. The summed E-state index contributed by atoms with van der Waals surface area (Å²) in [5.41, 5.74) is 0. The Balaban J connectivity index is -0.00000000333. The van der Waals surface area contributed by atoms with Gasteiger partial charge in [0.25, 0.3) is 0 Å². The summed E-state index contributed by atoms with van der Waals surface area (Å²) in [5.74, 6) is 0. The van der Waals surface area contributed by atoms with Gasteiger partial charge < -0.3 is 17.9 Å². The Kier molecular flexibility index (Phi) is 136. The van der Waals surface area contributed by atoms with Crippen LogP contribution >= 0.6 is 12.8 Å². The Labute approximate surface area is 125 Å². The summed E-state index contributed by atoms with van der Waals surface area (Å²) in [5, 5.41) is 0. The fourth-order valence-corrected chi connectivity index (χ4v) is 0. The molecule has 0 aromatic carbocycles. The maximum Gasteiger partial charge on any atom is 1.00 e. The Hall–Kier alpha value is 4.35. The van der Waals surface area contributed by atoms with E-state index in [-0.39, 0.29) is 85.2 Å². The van der Waals surface area contributed by atoms with E-state index in [9.17, 15) is 0 Å². The van der Waals surface area contributed by atoms with E-state index < -0.39 is 30.8 Å². The van der Waals surface area contributed by atoms with Crippen LogP contribution in [0.3, 0.4) is 0 Å². The Bertz CT molecular complexity index is 12.9. The molecule has 0 fully saturated rings. The zero-order chi connectivity index (χ0) is 2.71. The second-order valence-corrected chi connectivity index (χ2v) is 3.75. The molecule has 0 saturated carbocycles. The van der Waals surface area contributed by atoms with Gasteiger partial charge in [-0.1, -0.05) is 0 Å². The van der Waals surface area contributed by atoms with Gasteiger partial charge in [0.2, 0.25) is 0 Å². The van der Waals surface area contributed by atoms with Crippen LogP contribution in [-0.4, -0.2) is 74.1 Å². The monoisotopic (exact) mass is 228 g/mol. The first-order chi connectivity index (χ1) is 1.41. The van der Waals surface area contributed by atoms with Gasteiger partial charge in [-0.15, -0.1) is 0 Å². The third-order valence-corrected chi connectivity index (χ3v) is 0. The molecule has 0 unspecified atom stereocenters. The molecule has 0 aromatic heterocycles. The summed E-state index contributed by atoms with van der Waals surface area (Å²) >= 11 is -0.931. The van der Waals surface area contributed by atoms with E-state index in [1.54, 1.807) is 0 Å². The van der Waals surface area contributed by atoms with E-state index in [0.29, 0.717) is 0 Å². The average Bonchev–Trinajstić information content (AvgIpc) is 0.918. The summed E-state index contributed by atoms with van der Waals surface area (Å²) in [6.07, 6.45) is 9.90. The van der Waals surface area contributed by atoms with Gasteiger partial charge in [-0.25, -0.2) is 0 Å². The quantitative estimate of drug-likeness (QED) is 0.370. The molecule has 0 aliphatic rings. The van der Waals surface area contributed by atoms with E-state index in [2.05, 4.69) is 0 Å². The van der Waals surface area contributed by atoms with Gasteiger partial charge in [-0.2, -0.15) is 0 Å². The number of rotatable bonds is 0. The predicted molar refractivity (Wildman–Crippen MR) is 29.6 cm³/mol. The molecule has 0 atom stereocenters. The van der Waals surface area contributed by atoms with Crippen molar-refractivity contribution in [2.24, 2.45) is 0 Å². The first kappa shape index (κ1) is 30.2. The van der Waals surface area contributed by atoms with Crippen molar-refractivity contribution < 1.29 is 47.4 Å². The van der Waals surface area contributed by atoms with Gasteiger partial charge in [0.15, 0.2) is 0 Å². The summed E-state index contributed by atoms with van der Waals surface area (Å²) in [4.78, 5) is 0. The summed E-state index contributed by atoms with van der Waals surface area (Å²) < 4.78 is 0. The molecule has 7 heteroatoms. The molecule has 1 nitrogen and oxygen atoms in total. The summed E-state index contributed by atoms with van der Waals surface area (Å²) in [6.45, 7) is 0. The number of halogens is 3. The van der Waals surface area contributed by atoms with Crippen LogP contribution in [0.25, 0.3) is 0 Å². The third-order valence-electron chi connectivity index (χ3n) is 0. The summed E-state index contributed by atoms with van der Waals surface area (Å²) in [7, 11) is 0. The minimum absolute atomic E-state index is 0. The second kappa shape index (κ2) is 31.6. The van der Waals surface area contributed by atoms with Gasteiger partial charge >= 0.3 is 111 Å². The van der Waals surface area contributed by atoms with E-state index >= 15 is 0 Å². The van der Waals surface area contributed by atoms with Crippen LogP contribution in [0.4, 0.5) is 0 Å². The summed E-state index contributed by atoms with van der Waals surface area (Å²) in [6, 6.07) is 0. The van der Waals surface area contributed by atoms with Gasteiger partial charge in [0.05, 0.1) is 0 Å². The maximum atomic E-state index is 4.95. The van der Waals surface area contributed by atoms with Crippen molar-refractivity contribution in [3.8, 4) is 0 Å². The van der Waals surface area contributed by atoms with Crippen molar-refractivity contribution in [3.63, 3.8) is 0 Å². The standard InChI is InChI=1S/2Ca.3ClH.Na.H2O.2H/h;;3*1H;;1H2;;/q;+2;;;;+1;;;/p-3.